The molecule has 0 amide bonds. The molecule has 2 aromatic rings. The summed E-state index contributed by atoms with van der Waals surface area (Å²) in [6.07, 6.45) is 4.07. The first kappa shape index (κ1) is 8.91. The zero-order valence-electron chi connectivity index (χ0n) is 7.24. The number of halogens is 2. The molecule has 1 fully saturated rings. The minimum absolute atomic E-state index is 0.633. The molecule has 3 nitrogen and oxygen atoms in total. The van der Waals surface area contributed by atoms with Crippen molar-refractivity contribution in [3.05, 3.63) is 26.7 Å². The van der Waals surface area contributed by atoms with Crippen LogP contribution in [-0.4, -0.2) is 14.6 Å². The number of hydrogen-bond acceptors (Lipinski definition) is 2. The molecule has 5 heteroatoms. The number of hydrogen-bond donors (Lipinski definition) is 0. The van der Waals surface area contributed by atoms with Crippen molar-refractivity contribution in [3.63, 3.8) is 0 Å². The summed E-state index contributed by atoms with van der Waals surface area (Å²) in [4.78, 5) is 4.21. The van der Waals surface area contributed by atoms with Gasteiger partial charge in [0.1, 0.15) is 6.33 Å². The van der Waals surface area contributed by atoms with Gasteiger partial charge in [0, 0.05) is 11.6 Å². The van der Waals surface area contributed by atoms with Gasteiger partial charge in [-0.2, -0.15) is 5.10 Å². The Morgan fingerprint density at radius 1 is 1.50 bits per heavy atom. The van der Waals surface area contributed by atoms with Crippen LogP contribution >= 0.6 is 34.2 Å². The number of pyridine rings is 1. The lowest BCUT2D eigenvalue weighted by Crippen LogP contribution is -1.99. The third-order valence-electron chi connectivity index (χ3n) is 2.47. The first-order valence-corrected chi connectivity index (χ1v) is 5.90. The molecular formula is C9H7ClIN3. The van der Waals surface area contributed by atoms with Crippen LogP contribution in [0.25, 0.3) is 5.65 Å². The van der Waals surface area contributed by atoms with Crippen molar-refractivity contribution in [2.24, 2.45) is 0 Å². The molecule has 0 radical (unpaired) electrons. The largest absolute Gasteiger partial charge is 0.217 e. The second-order valence-corrected chi connectivity index (χ2v) is 4.99. The predicted molar refractivity (Wildman–Crippen MR) is 62.7 cm³/mol. The van der Waals surface area contributed by atoms with E-state index in [1.807, 2.05) is 10.6 Å². The van der Waals surface area contributed by atoms with Crippen LogP contribution in [0.4, 0.5) is 0 Å². The average Bonchev–Trinajstić information content (AvgIpc) is 2.89. The third-order valence-corrected chi connectivity index (χ3v) is 4.15. The zero-order valence-corrected chi connectivity index (χ0v) is 10.2. The van der Waals surface area contributed by atoms with Crippen molar-refractivity contribution in [2.45, 2.75) is 18.8 Å². The molecule has 0 aromatic carbocycles. The summed E-state index contributed by atoms with van der Waals surface area (Å²) in [7, 11) is 0. The van der Waals surface area contributed by atoms with E-state index in [0.717, 1.165) is 14.2 Å². The maximum Gasteiger partial charge on any atom is 0.170 e. The molecule has 1 saturated carbocycles. The van der Waals surface area contributed by atoms with Gasteiger partial charge < -0.3 is 0 Å². The van der Waals surface area contributed by atoms with Crippen LogP contribution in [0, 0.1) is 3.57 Å². The highest BCUT2D eigenvalue weighted by Gasteiger charge is 2.27. The van der Waals surface area contributed by atoms with Gasteiger partial charge in [0.25, 0.3) is 0 Å². The second-order valence-electron chi connectivity index (χ2n) is 3.50. The van der Waals surface area contributed by atoms with Crippen molar-refractivity contribution >= 4 is 39.8 Å². The van der Waals surface area contributed by atoms with Gasteiger partial charge in [-0.05, 0) is 41.5 Å². The molecule has 2 heterocycles. The molecule has 2 aromatic heterocycles. The Kier molecular flexibility index (Phi) is 1.95. The molecule has 0 atom stereocenters. The molecule has 1 aliphatic rings. The van der Waals surface area contributed by atoms with Crippen molar-refractivity contribution in [3.8, 4) is 0 Å². The fourth-order valence-electron chi connectivity index (χ4n) is 1.61. The number of aromatic nitrogens is 3. The Hall–Kier alpha value is -0.360. The Labute approximate surface area is 99.6 Å². The van der Waals surface area contributed by atoms with Gasteiger partial charge in [0.05, 0.1) is 8.59 Å². The lowest BCUT2D eigenvalue weighted by Gasteiger charge is -2.05. The van der Waals surface area contributed by atoms with E-state index in [2.05, 4.69) is 32.7 Å². The lowest BCUT2D eigenvalue weighted by atomic mass is 10.2. The van der Waals surface area contributed by atoms with Gasteiger partial charge in [0.2, 0.25) is 0 Å². The Balaban J connectivity index is 2.38. The fraction of sp³-hybridized carbons (Fsp3) is 0.333. The van der Waals surface area contributed by atoms with E-state index in [9.17, 15) is 0 Å². The highest BCUT2D eigenvalue weighted by molar-refractivity contribution is 14.1. The van der Waals surface area contributed by atoms with E-state index in [-0.39, 0.29) is 0 Å². The first-order chi connectivity index (χ1) is 6.77. The van der Waals surface area contributed by atoms with Crippen LogP contribution in [-0.2, 0) is 0 Å². The van der Waals surface area contributed by atoms with E-state index < -0.39 is 0 Å². The predicted octanol–water partition coefficient (Wildman–Crippen LogP) is 2.86. The molecule has 0 unspecified atom stereocenters. The molecule has 0 aliphatic heterocycles. The third kappa shape index (κ3) is 1.24. The van der Waals surface area contributed by atoms with Gasteiger partial charge in [0.15, 0.2) is 5.65 Å². The minimum atomic E-state index is 0.633. The Morgan fingerprint density at radius 2 is 2.29 bits per heavy atom. The van der Waals surface area contributed by atoms with Crippen LogP contribution < -0.4 is 0 Å². The van der Waals surface area contributed by atoms with Crippen molar-refractivity contribution in [1.29, 1.82) is 0 Å². The van der Waals surface area contributed by atoms with Crippen LogP contribution in [0.15, 0.2) is 12.4 Å². The Morgan fingerprint density at radius 3 is 3.00 bits per heavy atom. The molecule has 0 N–H and O–H groups in total. The topological polar surface area (TPSA) is 30.2 Å². The van der Waals surface area contributed by atoms with Crippen molar-refractivity contribution in [2.75, 3.05) is 0 Å². The number of nitrogens with zero attached hydrogens (tertiary/aromatic N) is 3. The summed E-state index contributed by atoms with van der Waals surface area (Å²) in [5, 5.41) is 5.01. The highest BCUT2D eigenvalue weighted by Crippen LogP contribution is 2.41. The van der Waals surface area contributed by atoms with Crippen molar-refractivity contribution in [1.82, 2.24) is 14.6 Å². The maximum atomic E-state index is 6.13. The Bertz CT molecular complexity index is 504. The van der Waals surface area contributed by atoms with E-state index >= 15 is 0 Å². The normalized spacial score (nSPS) is 16.4. The molecule has 0 spiro atoms. The molecule has 0 saturated heterocycles. The smallest absolute Gasteiger partial charge is 0.170 e. The van der Waals surface area contributed by atoms with E-state index in [0.29, 0.717) is 5.92 Å². The summed E-state index contributed by atoms with van der Waals surface area (Å²) in [6.45, 7) is 0. The summed E-state index contributed by atoms with van der Waals surface area (Å²) < 4.78 is 2.89. The standard InChI is InChI=1S/C9H7ClIN3/c10-6-3-7(5-1-2-5)14-9(8(6)11)12-4-13-14/h3-5H,1-2H2. The molecule has 0 bridgehead atoms. The zero-order chi connectivity index (χ0) is 9.71. The second kappa shape index (κ2) is 3.06. The first-order valence-electron chi connectivity index (χ1n) is 4.45. The summed E-state index contributed by atoms with van der Waals surface area (Å²) in [5.74, 6) is 0.633. The average molecular weight is 320 g/mol. The van der Waals surface area contributed by atoms with Gasteiger partial charge in [-0.15, -0.1) is 0 Å². The number of rotatable bonds is 1. The van der Waals surface area contributed by atoms with Crippen LogP contribution in [0.5, 0.6) is 0 Å². The summed E-state index contributed by atoms with van der Waals surface area (Å²) in [6, 6.07) is 2.02. The van der Waals surface area contributed by atoms with Gasteiger partial charge in [-0.3, -0.25) is 0 Å². The number of fused-ring (bicyclic) bond motifs is 1. The van der Waals surface area contributed by atoms with Crippen LogP contribution in [0.3, 0.4) is 0 Å². The van der Waals surface area contributed by atoms with Gasteiger partial charge in [-0.25, -0.2) is 9.50 Å². The molecule has 1 aliphatic carbocycles. The van der Waals surface area contributed by atoms with Gasteiger partial charge >= 0.3 is 0 Å². The molecular weight excluding hydrogens is 312 g/mol. The SMILES string of the molecule is Clc1cc(C2CC2)n2ncnc2c1I. The minimum Gasteiger partial charge on any atom is -0.217 e. The summed E-state index contributed by atoms with van der Waals surface area (Å²) in [5.41, 5.74) is 2.07. The van der Waals surface area contributed by atoms with Gasteiger partial charge in [-0.1, -0.05) is 11.6 Å². The quantitative estimate of drug-likeness (QED) is 0.757. The maximum absolute atomic E-state index is 6.13. The monoisotopic (exact) mass is 319 g/mol. The summed E-state index contributed by atoms with van der Waals surface area (Å²) >= 11 is 8.34. The lowest BCUT2D eigenvalue weighted by molar-refractivity contribution is 0.855. The molecule has 72 valence electrons. The van der Waals surface area contributed by atoms with E-state index in [4.69, 9.17) is 11.6 Å². The fourth-order valence-corrected chi connectivity index (χ4v) is 2.33. The highest BCUT2D eigenvalue weighted by atomic mass is 127. The van der Waals surface area contributed by atoms with Crippen LogP contribution in [0.1, 0.15) is 24.5 Å². The van der Waals surface area contributed by atoms with Crippen molar-refractivity contribution < 1.29 is 0 Å². The molecule has 3 rings (SSSR count). The van der Waals surface area contributed by atoms with Crippen LogP contribution in [0.2, 0.25) is 5.02 Å². The van der Waals surface area contributed by atoms with E-state index in [1.165, 1.54) is 18.5 Å². The van der Waals surface area contributed by atoms with E-state index in [1.54, 1.807) is 6.33 Å². The molecule has 14 heavy (non-hydrogen) atoms.